The highest BCUT2D eigenvalue weighted by molar-refractivity contribution is 9.27. The number of hydrogen-bond donors (Lipinski definition) is 1. The molecule has 0 saturated carbocycles. The molecule has 1 aromatic rings. The van der Waals surface area contributed by atoms with Crippen LogP contribution < -0.4 is 0 Å². The molecule has 9 heteroatoms. The van der Waals surface area contributed by atoms with Gasteiger partial charge in [0.25, 0.3) is 5.69 Å². The van der Waals surface area contributed by atoms with Gasteiger partial charge in [-0.25, -0.2) is 8.42 Å². The third kappa shape index (κ3) is 3.08. The van der Waals surface area contributed by atoms with Crippen LogP contribution in [-0.2, 0) is 9.84 Å². The van der Waals surface area contributed by atoms with Crippen molar-refractivity contribution in [2.45, 2.75) is 8.67 Å². The molecule has 0 aliphatic heterocycles. The molecular weight excluding hydrogens is 394 g/mol. The van der Waals surface area contributed by atoms with Crippen LogP contribution in [-0.4, -0.2) is 27.3 Å². The largest absolute Gasteiger partial charge is 0.385 e. The number of benzene rings is 1. The molecule has 0 aromatic heterocycles. The number of sulfone groups is 1. The van der Waals surface area contributed by atoms with E-state index in [0.717, 1.165) is 6.26 Å². The Kier molecular flexibility index (Phi) is 4.52. The minimum atomic E-state index is -3.63. The molecule has 0 heterocycles. The third-order valence-electron chi connectivity index (χ3n) is 2.23. The summed E-state index contributed by atoms with van der Waals surface area (Å²) < 4.78 is 21.2. The SMILES string of the molecule is CS(=O)(=O)C(Br)(Br)C(O)c1ccc([N+](=O)[O-])cc1. The van der Waals surface area contributed by atoms with Crippen molar-refractivity contribution in [2.75, 3.05) is 6.26 Å². The summed E-state index contributed by atoms with van der Waals surface area (Å²) in [5, 5.41) is 20.4. The number of nitro groups is 1. The fraction of sp³-hybridized carbons (Fsp3) is 0.333. The lowest BCUT2D eigenvalue weighted by Crippen LogP contribution is -2.31. The fourth-order valence-corrected chi connectivity index (χ4v) is 2.25. The van der Waals surface area contributed by atoms with Crippen molar-refractivity contribution in [3.05, 3.63) is 39.9 Å². The molecule has 0 spiro atoms. The van der Waals surface area contributed by atoms with Crippen LogP contribution in [0, 0.1) is 10.1 Å². The molecule has 0 amide bonds. The first-order valence-electron chi connectivity index (χ1n) is 4.57. The maximum atomic E-state index is 11.5. The lowest BCUT2D eigenvalue weighted by molar-refractivity contribution is -0.384. The Morgan fingerprint density at radius 2 is 1.78 bits per heavy atom. The quantitative estimate of drug-likeness (QED) is 0.472. The van der Waals surface area contributed by atoms with Gasteiger partial charge in [-0.3, -0.25) is 10.1 Å². The van der Waals surface area contributed by atoms with E-state index in [4.69, 9.17) is 0 Å². The van der Waals surface area contributed by atoms with Gasteiger partial charge in [0, 0.05) is 18.4 Å². The zero-order valence-corrected chi connectivity index (χ0v) is 13.1. The number of alkyl halides is 2. The molecule has 18 heavy (non-hydrogen) atoms. The van der Waals surface area contributed by atoms with Gasteiger partial charge in [0.1, 0.15) is 6.10 Å². The van der Waals surface area contributed by atoms with Gasteiger partial charge in [-0.1, -0.05) is 31.9 Å². The number of aliphatic hydroxyl groups excluding tert-OH is 1. The number of aliphatic hydroxyl groups is 1. The lowest BCUT2D eigenvalue weighted by Gasteiger charge is -2.24. The molecule has 0 aliphatic rings. The predicted molar refractivity (Wildman–Crippen MR) is 73.5 cm³/mol. The number of nitro benzene ring substituents is 1. The van der Waals surface area contributed by atoms with E-state index in [9.17, 15) is 23.6 Å². The van der Waals surface area contributed by atoms with Gasteiger partial charge in [-0.2, -0.15) is 0 Å². The summed E-state index contributed by atoms with van der Waals surface area (Å²) in [6.45, 7) is 0. The van der Waals surface area contributed by atoms with Crippen molar-refractivity contribution in [1.29, 1.82) is 0 Å². The van der Waals surface area contributed by atoms with Gasteiger partial charge in [0.2, 0.25) is 2.57 Å². The number of rotatable bonds is 4. The predicted octanol–water partition coefficient (Wildman–Crippen LogP) is 2.12. The van der Waals surface area contributed by atoms with Crippen molar-refractivity contribution in [1.82, 2.24) is 0 Å². The summed E-state index contributed by atoms with van der Waals surface area (Å²) in [5.41, 5.74) is 0.0971. The van der Waals surface area contributed by atoms with Gasteiger partial charge < -0.3 is 5.11 Å². The van der Waals surface area contributed by atoms with Crippen LogP contribution >= 0.6 is 31.9 Å². The van der Waals surface area contributed by atoms with Crippen molar-refractivity contribution in [3.63, 3.8) is 0 Å². The molecule has 1 rings (SSSR count). The van der Waals surface area contributed by atoms with Crippen LogP contribution in [0.4, 0.5) is 5.69 Å². The van der Waals surface area contributed by atoms with E-state index in [1.807, 2.05) is 0 Å². The van der Waals surface area contributed by atoms with E-state index in [-0.39, 0.29) is 11.3 Å². The summed E-state index contributed by atoms with van der Waals surface area (Å²) in [5.74, 6) is 0. The van der Waals surface area contributed by atoms with Gasteiger partial charge >= 0.3 is 0 Å². The zero-order valence-electron chi connectivity index (χ0n) is 9.08. The van der Waals surface area contributed by atoms with Gasteiger partial charge in [0.15, 0.2) is 9.84 Å². The van der Waals surface area contributed by atoms with Crippen LogP contribution in [0.3, 0.4) is 0 Å². The molecule has 0 bridgehead atoms. The number of nitrogens with zero attached hydrogens (tertiary/aromatic N) is 1. The monoisotopic (exact) mass is 401 g/mol. The first kappa shape index (κ1) is 15.5. The van der Waals surface area contributed by atoms with Crippen LogP contribution in [0.1, 0.15) is 11.7 Å². The summed E-state index contributed by atoms with van der Waals surface area (Å²) in [6, 6.07) is 4.98. The van der Waals surface area contributed by atoms with E-state index in [0.29, 0.717) is 0 Å². The van der Waals surface area contributed by atoms with Gasteiger partial charge in [-0.05, 0) is 17.7 Å². The Morgan fingerprint density at radius 3 is 2.11 bits per heavy atom. The molecule has 0 saturated heterocycles. The molecule has 0 fully saturated rings. The standard InChI is InChI=1S/C9H9Br2NO5S/c1-18(16,17)9(10,11)8(13)6-2-4-7(5-3-6)12(14)15/h2-5,8,13H,1H3. The second-order valence-corrected chi connectivity index (χ2v) is 10.4. The van der Waals surface area contributed by atoms with Crippen LogP contribution in [0.5, 0.6) is 0 Å². The van der Waals surface area contributed by atoms with E-state index in [1.165, 1.54) is 24.3 Å². The van der Waals surface area contributed by atoms with Crippen LogP contribution in [0.15, 0.2) is 24.3 Å². The van der Waals surface area contributed by atoms with E-state index in [1.54, 1.807) is 0 Å². The van der Waals surface area contributed by atoms with Crippen molar-refractivity contribution in [3.8, 4) is 0 Å². The van der Waals surface area contributed by atoms with E-state index in [2.05, 4.69) is 31.9 Å². The smallest absolute Gasteiger partial charge is 0.269 e. The molecular formula is C9H9Br2NO5S. The summed E-state index contributed by atoms with van der Waals surface area (Å²) in [7, 11) is -3.63. The number of halogens is 2. The first-order chi connectivity index (χ1) is 8.07. The second kappa shape index (κ2) is 5.24. The average Bonchev–Trinajstić information content (AvgIpc) is 2.26. The maximum absolute atomic E-state index is 11.5. The molecule has 0 aliphatic carbocycles. The van der Waals surface area contributed by atoms with Crippen LogP contribution in [0.2, 0.25) is 0 Å². The Morgan fingerprint density at radius 1 is 1.33 bits per heavy atom. The summed E-state index contributed by atoms with van der Waals surface area (Å²) >= 11 is 5.79. The highest BCUT2D eigenvalue weighted by Crippen LogP contribution is 2.43. The zero-order chi connectivity index (χ0) is 14.1. The minimum Gasteiger partial charge on any atom is -0.385 e. The minimum absolute atomic E-state index is 0.139. The van der Waals surface area contributed by atoms with E-state index < -0.39 is 23.4 Å². The Hall–Kier alpha value is -0.510. The van der Waals surface area contributed by atoms with Crippen molar-refractivity contribution in [2.24, 2.45) is 0 Å². The topological polar surface area (TPSA) is 97.5 Å². The van der Waals surface area contributed by atoms with E-state index >= 15 is 0 Å². The lowest BCUT2D eigenvalue weighted by atomic mass is 10.1. The third-order valence-corrected chi connectivity index (χ3v) is 7.84. The molecule has 6 nitrogen and oxygen atoms in total. The molecule has 100 valence electrons. The van der Waals surface area contributed by atoms with Crippen molar-refractivity contribution >= 4 is 47.4 Å². The molecule has 1 atom stereocenters. The second-order valence-electron chi connectivity index (χ2n) is 3.59. The Bertz CT molecular complexity index is 555. The highest BCUT2D eigenvalue weighted by atomic mass is 79.9. The van der Waals surface area contributed by atoms with Gasteiger partial charge in [-0.15, -0.1) is 0 Å². The maximum Gasteiger partial charge on any atom is 0.269 e. The fourth-order valence-electron chi connectivity index (χ4n) is 1.18. The normalized spacial score (nSPS) is 14.2. The Balaban J connectivity index is 3.12. The summed E-state index contributed by atoms with van der Waals surface area (Å²) in [6.07, 6.45) is -0.459. The number of hydrogen-bond acceptors (Lipinski definition) is 5. The number of non-ortho nitro benzene ring substituents is 1. The highest BCUT2D eigenvalue weighted by Gasteiger charge is 2.43. The first-order valence-corrected chi connectivity index (χ1v) is 8.05. The average molecular weight is 403 g/mol. The van der Waals surface area contributed by atoms with Crippen LogP contribution in [0.25, 0.3) is 0 Å². The molecule has 1 N–H and O–H groups in total. The summed E-state index contributed by atoms with van der Waals surface area (Å²) in [4.78, 5) is 9.89. The molecule has 1 aromatic carbocycles. The Labute approximate surface area is 120 Å². The molecule has 0 radical (unpaired) electrons. The van der Waals surface area contributed by atoms with Gasteiger partial charge in [0.05, 0.1) is 4.92 Å². The molecule has 1 unspecified atom stereocenters. The van der Waals surface area contributed by atoms with Crippen molar-refractivity contribution < 1.29 is 18.4 Å².